The predicted octanol–water partition coefficient (Wildman–Crippen LogP) is 4.17. The second kappa shape index (κ2) is 12.5. The van der Waals surface area contributed by atoms with Crippen molar-refractivity contribution < 1.29 is 33.4 Å². The van der Waals surface area contributed by atoms with Gasteiger partial charge < -0.3 is 20.1 Å². The summed E-state index contributed by atoms with van der Waals surface area (Å²) in [4.78, 5) is 62.4. The molecule has 0 aliphatic carbocycles. The lowest BCUT2D eigenvalue weighted by atomic mass is 10.1. The number of anilines is 1. The molecule has 10 heteroatoms. The number of nitrogens with zero attached hydrogens (tertiary/aromatic N) is 1. The van der Waals surface area contributed by atoms with Crippen molar-refractivity contribution >= 4 is 35.5 Å². The van der Waals surface area contributed by atoms with Crippen LogP contribution in [0.3, 0.4) is 0 Å². The van der Waals surface area contributed by atoms with Crippen molar-refractivity contribution in [2.45, 2.75) is 26.3 Å². The Kier molecular flexibility index (Phi) is 8.67. The highest BCUT2D eigenvalue weighted by Gasteiger charge is 2.34. The van der Waals surface area contributed by atoms with E-state index >= 15 is 0 Å². The Morgan fingerprint density at radius 2 is 1.56 bits per heavy atom. The summed E-state index contributed by atoms with van der Waals surface area (Å²) in [5.74, 6) is -0.990. The van der Waals surface area contributed by atoms with Crippen LogP contribution in [0.25, 0.3) is 0 Å². The minimum atomic E-state index is -0.818. The maximum absolute atomic E-state index is 12.6. The molecule has 3 aromatic rings. The van der Waals surface area contributed by atoms with Gasteiger partial charge in [-0.3, -0.25) is 24.1 Å². The summed E-state index contributed by atoms with van der Waals surface area (Å²) >= 11 is 0. The number of benzene rings is 3. The van der Waals surface area contributed by atoms with Gasteiger partial charge in [0.15, 0.2) is 0 Å². The number of ether oxygens (including phenoxy) is 2. The maximum atomic E-state index is 12.6. The molecule has 0 spiro atoms. The van der Waals surface area contributed by atoms with E-state index in [4.69, 9.17) is 9.47 Å². The SMILES string of the molecule is CCOC(=O)Oc1ccc(C(=O)Nc2cccc(CNC(=O)CCCN3C(=O)c4ccccc4C3=O)c2)cc1. The minimum Gasteiger partial charge on any atom is -0.434 e. The molecule has 0 atom stereocenters. The van der Waals surface area contributed by atoms with E-state index in [2.05, 4.69) is 10.6 Å². The molecule has 3 aromatic carbocycles. The molecule has 1 aliphatic heterocycles. The third-order valence-corrected chi connectivity index (χ3v) is 5.92. The fraction of sp³-hybridized carbons (Fsp3) is 0.207. The van der Waals surface area contributed by atoms with Gasteiger partial charge in [0.1, 0.15) is 5.75 Å². The van der Waals surface area contributed by atoms with E-state index in [9.17, 15) is 24.0 Å². The third kappa shape index (κ3) is 6.86. The Balaban J connectivity index is 1.22. The lowest BCUT2D eigenvalue weighted by Gasteiger charge is -2.13. The lowest BCUT2D eigenvalue weighted by Crippen LogP contribution is -2.32. The molecule has 4 amide bonds. The highest BCUT2D eigenvalue weighted by molar-refractivity contribution is 6.21. The number of rotatable bonds is 10. The molecule has 1 aliphatic rings. The molecular formula is C29H27N3O7. The number of carbonyl (C=O) groups excluding carboxylic acids is 5. The number of hydrogen-bond donors (Lipinski definition) is 2. The van der Waals surface area contributed by atoms with E-state index in [0.717, 1.165) is 5.56 Å². The molecule has 0 unspecified atom stereocenters. The van der Waals surface area contributed by atoms with Crippen LogP contribution in [0, 0.1) is 0 Å². The number of amides is 4. The van der Waals surface area contributed by atoms with Gasteiger partial charge in [0.25, 0.3) is 17.7 Å². The largest absolute Gasteiger partial charge is 0.513 e. The van der Waals surface area contributed by atoms with E-state index in [1.54, 1.807) is 49.4 Å². The van der Waals surface area contributed by atoms with E-state index < -0.39 is 6.16 Å². The Bertz CT molecular complexity index is 1370. The Hall–Kier alpha value is -4.99. The average molecular weight is 530 g/mol. The molecule has 39 heavy (non-hydrogen) atoms. The molecule has 1 heterocycles. The van der Waals surface area contributed by atoms with Gasteiger partial charge in [0.2, 0.25) is 5.91 Å². The molecule has 0 aromatic heterocycles. The van der Waals surface area contributed by atoms with Crippen molar-refractivity contribution in [2.24, 2.45) is 0 Å². The zero-order valence-corrected chi connectivity index (χ0v) is 21.3. The molecule has 0 saturated carbocycles. The number of fused-ring (bicyclic) bond motifs is 1. The van der Waals surface area contributed by atoms with Crippen LogP contribution in [0.1, 0.15) is 56.4 Å². The number of imide groups is 1. The van der Waals surface area contributed by atoms with Crippen LogP contribution in [0.15, 0.2) is 72.8 Å². The van der Waals surface area contributed by atoms with Crippen molar-refractivity contribution in [1.82, 2.24) is 10.2 Å². The molecule has 0 fully saturated rings. The third-order valence-electron chi connectivity index (χ3n) is 5.92. The Labute approximate surface area is 224 Å². The molecule has 2 N–H and O–H groups in total. The second-order valence-corrected chi connectivity index (χ2v) is 8.65. The van der Waals surface area contributed by atoms with Gasteiger partial charge in [0, 0.05) is 30.8 Å². The summed E-state index contributed by atoms with van der Waals surface area (Å²) in [7, 11) is 0. The van der Waals surface area contributed by atoms with Crippen molar-refractivity contribution in [3.63, 3.8) is 0 Å². The maximum Gasteiger partial charge on any atom is 0.513 e. The number of carbonyl (C=O) groups is 5. The molecule has 4 rings (SSSR count). The first-order valence-electron chi connectivity index (χ1n) is 12.4. The summed E-state index contributed by atoms with van der Waals surface area (Å²) in [5.41, 5.74) is 2.46. The van der Waals surface area contributed by atoms with Gasteiger partial charge in [0.05, 0.1) is 17.7 Å². The highest BCUT2D eigenvalue weighted by atomic mass is 16.7. The van der Waals surface area contributed by atoms with Crippen LogP contribution in [-0.4, -0.2) is 47.8 Å². The van der Waals surface area contributed by atoms with Crippen molar-refractivity contribution in [3.8, 4) is 5.75 Å². The zero-order chi connectivity index (χ0) is 27.8. The van der Waals surface area contributed by atoms with Crippen LogP contribution in [0.5, 0.6) is 5.75 Å². The highest BCUT2D eigenvalue weighted by Crippen LogP contribution is 2.22. The second-order valence-electron chi connectivity index (χ2n) is 8.65. The summed E-state index contributed by atoms with van der Waals surface area (Å²) in [6.07, 6.45) is -0.321. The number of hydrogen-bond acceptors (Lipinski definition) is 7. The van der Waals surface area contributed by atoms with Gasteiger partial charge in [-0.1, -0.05) is 24.3 Å². The van der Waals surface area contributed by atoms with Gasteiger partial charge in [-0.15, -0.1) is 0 Å². The summed E-state index contributed by atoms with van der Waals surface area (Å²) in [6, 6.07) is 19.7. The number of nitrogens with one attached hydrogen (secondary N) is 2. The fourth-order valence-corrected chi connectivity index (χ4v) is 4.01. The predicted molar refractivity (Wildman–Crippen MR) is 141 cm³/mol. The molecule has 0 bridgehead atoms. The van der Waals surface area contributed by atoms with Crippen LogP contribution in [0.4, 0.5) is 10.5 Å². The van der Waals surface area contributed by atoms with E-state index in [1.165, 1.54) is 29.2 Å². The average Bonchev–Trinajstić information content (AvgIpc) is 3.17. The topological polar surface area (TPSA) is 131 Å². The summed E-state index contributed by atoms with van der Waals surface area (Å²) in [5, 5.41) is 5.61. The van der Waals surface area contributed by atoms with Gasteiger partial charge in [-0.05, 0) is 67.4 Å². The van der Waals surface area contributed by atoms with Gasteiger partial charge >= 0.3 is 6.16 Å². The Morgan fingerprint density at radius 3 is 2.23 bits per heavy atom. The smallest absolute Gasteiger partial charge is 0.434 e. The molecule has 200 valence electrons. The standard InChI is InChI=1S/C29H27N3O7/c1-2-38-29(37)39-22-14-12-20(13-15-22)26(34)31-21-8-5-7-19(17-21)18-30-25(33)11-6-16-32-27(35)23-9-3-4-10-24(23)28(32)36/h3-5,7-10,12-15,17H,2,6,11,16,18H2,1H3,(H,30,33)(H,31,34). The van der Waals surface area contributed by atoms with Crippen molar-refractivity contribution in [3.05, 3.63) is 95.1 Å². The molecular weight excluding hydrogens is 502 g/mol. The van der Waals surface area contributed by atoms with Crippen LogP contribution < -0.4 is 15.4 Å². The first-order valence-corrected chi connectivity index (χ1v) is 12.4. The van der Waals surface area contributed by atoms with Crippen molar-refractivity contribution in [2.75, 3.05) is 18.5 Å². The molecule has 0 saturated heterocycles. The lowest BCUT2D eigenvalue weighted by molar-refractivity contribution is -0.121. The normalized spacial score (nSPS) is 12.1. The summed E-state index contributed by atoms with van der Waals surface area (Å²) < 4.78 is 9.70. The Morgan fingerprint density at radius 1 is 0.872 bits per heavy atom. The molecule has 0 radical (unpaired) electrons. The minimum absolute atomic E-state index is 0.152. The first-order chi connectivity index (χ1) is 18.9. The quantitative estimate of drug-likeness (QED) is 0.229. The van der Waals surface area contributed by atoms with Crippen molar-refractivity contribution in [1.29, 1.82) is 0 Å². The van der Waals surface area contributed by atoms with Crippen LogP contribution in [0.2, 0.25) is 0 Å². The van der Waals surface area contributed by atoms with Gasteiger partial charge in [-0.25, -0.2) is 4.79 Å². The molecule has 10 nitrogen and oxygen atoms in total. The van der Waals surface area contributed by atoms with E-state index in [0.29, 0.717) is 28.8 Å². The van der Waals surface area contributed by atoms with E-state index in [-0.39, 0.29) is 55.5 Å². The monoisotopic (exact) mass is 529 g/mol. The zero-order valence-electron chi connectivity index (χ0n) is 21.3. The summed E-state index contributed by atoms with van der Waals surface area (Å²) in [6.45, 7) is 2.27. The van der Waals surface area contributed by atoms with Gasteiger partial charge in [-0.2, -0.15) is 0 Å². The van der Waals surface area contributed by atoms with E-state index in [1.807, 2.05) is 6.07 Å². The fourth-order valence-electron chi connectivity index (χ4n) is 4.01. The van der Waals surface area contributed by atoms with Crippen LogP contribution >= 0.6 is 0 Å². The first kappa shape index (κ1) is 27.1. The van der Waals surface area contributed by atoms with Crippen LogP contribution in [-0.2, 0) is 16.1 Å².